The fourth-order valence-electron chi connectivity index (χ4n) is 3.71. The van der Waals surface area contributed by atoms with Gasteiger partial charge in [-0.3, -0.25) is 0 Å². The monoisotopic (exact) mass is 385 g/mol. The third-order valence-corrected chi connectivity index (χ3v) is 5.22. The summed E-state index contributed by atoms with van der Waals surface area (Å²) in [6, 6.07) is 14.4. The number of aliphatic hydroxyl groups excluding tert-OH is 1. The van der Waals surface area contributed by atoms with Crippen LogP contribution < -0.4 is 14.8 Å². The third kappa shape index (κ3) is 5.47. The number of methoxy groups -OCH3 is 2. The van der Waals surface area contributed by atoms with E-state index in [-0.39, 0.29) is 6.10 Å². The van der Waals surface area contributed by atoms with Gasteiger partial charge in [-0.05, 0) is 61.1 Å². The molecule has 1 aliphatic rings. The van der Waals surface area contributed by atoms with Crippen LogP contribution in [0.15, 0.2) is 42.5 Å². The standard InChI is InChI=1S/C23H31NO4/c1-26-22-11-10-17(14-23(22)27-2)12-13-24-15-19(25)16-28-21-9-5-7-18-6-3-4-8-20(18)21/h3-4,6,8,10-11,14,19,21,24-25H,5,7,9,12-13,15-16H2,1-2H3. The van der Waals surface area contributed by atoms with Crippen molar-refractivity contribution in [2.75, 3.05) is 33.9 Å². The number of nitrogens with one attached hydrogen (secondary N) is 1. The normalized spacial score (nSPS) is 17.0. The first-order chi connectivity index (χ1) is 13.7. The number of rotatable bonds is 10. The van der Waals surface area contributed by atoms with E-state index < -0.39 is 6.10 Å². The zero-order valence-electron chi connectivity index (χ0n) is 16.8. The van der Waals surface area contributed by atoms with Crippen LogP contribution in [0.2, 0.25) is 0 Å². The largest absolute Gasteiger partial charge is 0.493 e. The lowest BCUT2D eigenvalue weighted by Gasteiger charge is -2.26. The molecule has 3 rings (SSSR count). The Labute approximate surface area is 167 Å². The molecule has 0 saturated heterocycles. The molecule has 0 fully saturated rings. The molecule has 152 valence electrons. The first-order valence-corrected chi connectivity index (χ1v) is 10.0. The average molecular weight is 386 g/mol. The molecule has 2 aromatic rings. The van der Waals surface area contributed by atoms with E-state index in [1.165, 1.54) is 11.1 Å². The van der Waals surface area contributed by atoms with Crippen molar-refractivity contribution in [3.8, 4) is 11.5 Å². The Morgan fingerprint density at radius 1 is 1.11 bits per heavy atom. The van der Waals surface area contributed by atoms with Crippen molar-refractivity contribution < 1.29 is 19.3 Å². The summed E-state index contributed by atoms with van der Waals surface area (Å²) in [5.41, 5.74) is 3.82. The lowest BCUT2D eigenvalue weighted by molar-refractivity contribution is -0.0166. The Bertz CT molecular complexity index is 749. The summed E-state index contributed by atoms with van der Waals surface area (Å²) in [6.45, 7) is 1.64. The molecule has 0 radical (unpaired) electrons. The number of aliphatic hydroxyl groups is 1. The van der Waals surface area contributed by atoms with Crippen LogP contribution >= 0.6 is 0 Å². The number of benzene rings is 2. The van der Waals surface area contributed by atoms with Crippen molar-refractivity contribution in [2.24, 2.45) is 0 Å². The second-order valence-electron chi connectivity index (χ2n) is 7.21. The van der Waals surface area contributed by atoms with Gasteiger partial charge in [-0.1, -0.05) is 30.3 Å². The molecule has 0 bridgehead atoms. The average Bonchev–Trinajstić information content (AvgIpc) is 2.75. The van der Waals surface area contributed by atoms with Crippen molar-refractivity contribution in [2.45, 2.75) is 37.9 Å². The first-order valence-electron chi connectivity index (χ1n) is 10.0. The van der Waals surface area contributed by atoms with Gasteiger partial charge in [-0.15, -0.1) is 0 Å². The second kappa shape index (κ2) is 10.5. The van der Waals surface area contributed by atoms with Crippen molar-refractivity contribution in [1.82, 2.24) is 5.32 Å². The third-order valence-electron chi connectivity index (χ3n) is 5.22. The molecule has 0 saturated carbocycles. The number of aryl methyl sites for hydroxylation is 1. The van der Waals surface area contributed by atoms with Crippen molar-refractivity contribution in [3.63, 3.8) is 0 Å². The molecule has 0 amide bonds. The fraction of sp³-hybridized carbons (Fsp3) is 0.478. The van der Waals surface area contributed by atoms with Crippen LogP contribution in [0.3, 0.4) is 0 Å². The van der Waals surface area contributed by atoms with E-state index in [4.69, 9.17) is 14.2 Å². The zero-order valence-corrected chi connectivity index (χ0v) is 16.8. The van der Waals surface area contributed by atoms with Crippen molar-refractivity contribution in [3.05, 3.63) is 59.2 Å². The van der Waals surface area contributed by atoms with Crippen LogP contribution in [0.4, 0.5) is 0 Å². The minimum absolute atomic E-state index is 0.103. The predicted molar refractivity (Wildman–Crippen MR) is 110 cm³/mol. The molecule has 2 unspecified atom stereocenters. The van der Waals surface area contributed by atoms with Crippen LogP contribution in [-0.4, -0.2) is 45.1 Å². The van der Waals surface area contributed by atoms with Crippen molar-refractivity contribution in [1.29, 1.82) is 0 Å². The summed E-state index contributed by atoms with van der Waals surface area (Å²) < 4.78 is 16.6. The maximum Gasteiger partial charge on any atom is 0.160 e. The zero-order chi connectivity index (χ0) is 19.8. The predicted octanol–water partition coefficient (Wildman–Crippen LogP) is 3.29. The van der Waals surface area contributed by atoms with E-state index in [0.717, 1.165) is 49.3 Å². The molecule has 0 heterocycles. The molecule has 5 heteroatoms. The highest BCUT2D eigenvalue weighted by molar-refractivity contribution is 5.42. The van der Waals surface area contributed by atoms with Gasteiger partial charge in [-0.25, -0.2) is 0 Å². The summed E-state index contributed by atoms with van der Waals surface area (Å²) in [5, 5.41) is 13.6. The molecule has 0 aromatic heterocycles. The smallest absolute Gasteiger partial charge is 0.160 e. The Morgan fingerprint density at radius 2 is 1.93 bits per heavy atom. The highest BCUT2D eigenvalue weighted by Crippen LogP contribution is 2.32. The Morgan fingerprint density at radius 3 is 2.75 bits per heavy atom. The molecule has 2 N–H and O–H groups in total. The van der Waals surface area contributed by atoms with Gasteiger partial charge in [0.15, 0.2) is 11.5 Å². The van der Waals surface area contributed by atoms with Gasteiger partial charge < -0.3 is 24.6 Å². The molecule has 0 aliphatic heterocycles. The fourth-order valence-corrected chi connectivity index (χ4v) is 3.71. The van der Waals surface area contributed by atoms with E-state index in [1.54, 1.807) is 14.2 Å². The second-order valence-corrected chi connectivity index (χ2v) is 7.21. The van der Waals surface area contributed by atoms with Gasteiger partial charge in [0.05, 0.1) is 33.0 Å². The molecule has 28 heavy (non-hydrogen) atoms. The summed E-state index contributed by atoms with van der Waals surface area (Å²) in [5.74, 6) is 1.47. The van der Waals surface area contributed by atoms with Gasteiger partial charge in [0.25, 0.3) is 0 Å². The Hall–Kier alpha value is -2.08. The maximum absolute atomic E-state index is 10.3. The van der Waals surface area contributed by atoms with Gasteiger partial charge >= 0.3 is 0 Å². The number of hydrogen-bond acceptors (Lipinski definition) is 5. The molecule has 0 spiro atoms. The van der Waals surface area contributed by atoms with E-state index in [2.05, 4.69) is 29.6 Å². The quantitative estimate of drug-likeness (QED) is 0.615. The SMILES string of the molecule is COc1ccc(CCNCC(O)COC2CCCc3ccccc32)cc1OC. The van der Waals surface area contributed by atoms with Gasteiger partial charge in [-0.2, -0.15) is 0 Å². The van der Waals surface area contributed by atoms with E-state index >= 15 is 0 Å². The highest BCUT2D eigenvalue weighted by Gasteiger charge is 2.21. The van der Waals surface area contributed by atoms with Crippen LogP contribution in [0.5, 0.6) is 11.5 Å². The number of ether oxygens (including phenoxy) is 3. The Kier molecular flexibility index (Phi) is 7.71. The lowest BCUT2D eigenvalue weighted by atomic mass is 9.89. The molecule has 1 aliphatic carbocycles. The number of hydrogen-bond donors (Lipinski definition) is 2. The van der Waals surface area contributed by atoms with Crippen LogP contribution in [0, 0.1) is 0 Å². The summed E-state index contributed by atoms with van der Waals surface area (Å²) in [4.78, 5) is 0. The molecular weight excluding hydrogens is 354 g/mol. The van der Waals surface area contributed by atoms with E-state index in [0.29, 0.717) is 13.2 Å². The molecular formula is C23H31NO4. The van der Waals surface area contributed by atoms with E-state index in [1.807, 2.05) is 18.2 Å². The Balaban J connectivity index is 1.38. The first kappa shape index (κ1) is 20.6. The molecule has 2 aromatic carbocycles. The topological polar surface area (TPSA) is 60.0 Å². The summed E-state index contributed by atoms with van der Waals surface area (Å²) in [7, 11) is 3.27. The maximum atomic E-state index is 10.3. The lowest BCUT2D eigenvalue weighted by Crippen LogP contribution is -2.32. The summed E-state index contributed by atoms with van der Waals surface area (Å²) >= 11 is 0. The van der Waals surface area contributed by atoms with Crippen molar-refractivity contribution >= 4 is 0 Å². The molecule has 5 nitrogen and oxygen atoms in total. The highest BCUT2D eigenvalue weighted by atomic mass is 16.5. The van der Waals surface area contributed by atoms with Gasteiger partial charge in [0, 0.05) is 6.54 Å². The minimum Gasteiger partial charge on any atom is -0.493 e. The summed E-state index contributed by atoms with van der Waals surface area (Å²) in [6.07, 6.45) is 3.73. The van der Waals surface area contributed by atoms with Gasteiger partial charge in [0.2, 0.25) is 0 Å². The number of fused-ring (bicyclic) bond motifs is 1. The van der Waals surface area contributed by atoms with Crippen LogP contribution in [0.25, 0.3) is 0 Å². The van der Waals surface area contributed by atoms with Gasteiger partial charge in [0.1, 0.15) is 0 Å². The van der Waals surface area contributed by atoms with Crippen LogP contribution in [0.1, 0.15) is 35.6 Å². The minimum atomic E-state index is -0.514. The van der Waals surface area contributed by atoms with Crippen LogP contribution in [-0.2, 0) is 17.6 Å². The van der Waals surface area contributed by atoms with E-state index in [9.17, 15) is 5.11 Å². The molecule has 2 atom stereocenters.